The highest BCUT2D eigenvalue weighted by molar-refractivity contribution is 6.32. The van der Waals surface area contributed by atoms with Gasteiger partial charge in [0.2, 0.25) is 0 Å². The molecule has 7 nitrogen and oxygen atoms in total. The molecule has 2 aromatic rings. The van der Waals surface area contributed by atoms with Crippen LogP contribution in [0.3, 0.4) is 0 Å². The highest BCUT2D eigenvalue weighted by atomic mass is 35.5. The van der Waals surface area contributed by atoms with Crippen molar-refractivity contribution in [1.82, 2.24) is 4.98 Å². The van der Waals surface area contributed by atoms with Crippen molar-refractivity contribution in [1.29, 1.82) is 0 Å². The lowest BCUT2D eigenvalue weighted by atomic mass is 10.2. The van der Waals surface area contributed by atoms with Gasteiger partial charge < -0.3 is 15.2 Å². The molecule has 1 atom stereocenters. The molecule has 0 aliphatic heterocycles. The Bertz CT molecular complexity index is 776. The van der Waals surface area contributed by atoms with Crippen LogP contribution < -0.4 is 5.32 Å². The van der Waals surface area contributed by atoms with Gasteiger partial charge in [0.25, 0.3) is 5.91 Å². The number of carboxylic acids is 1. The second-order valence-corrected chi connectivity index (χ2v) is 5.12. The van der Waals surface area contributed by atoms with Gasteiger partial charge in [-0.25, -0.2) is 14.6 Å². The van der Waals surface area contributed by atoms with Gasteiger partial charge in [-0.15, -0.1) is 0 Å². The maximum atomic E-state index is 12.0. The molecule has 0 aliphatic rings. The third kappa shape index (κ3) is 4.30. The molecule has 0 radical (unpaired) electrons. The summed E-state index contributed by atoms with van der Waals surface area (Å²) in [6.07, 6.45) is 0.351. The lowest BCUT2D eigenvalue weighted by Gasteiger charge is -2.14. The van der Waals surface area contributed by atoms with Gasteiger partial charge in [-0.1, -0.05) is 11.6 Å². The van der Waals surface area contributed by atoms with Gasteiger partial charge in [0.05, 0.1) is 11.1 Å². The monoisotopic (exact) mass is 348 g/mol. The first-order valence-corrected chi connectivity index (χ1v) is 7.22. The number of ether oxygens (including phenoxy) is 1. The van der Waals surface area contributed by atoms with Crippen molar-refractivity contribution in [3.05, 3.63) is 58.9 Å². The second kappa shape index (κ2) is 7.56. The molecule has 1 unspecified atom stereocenters. The third-order valence-corrected chi connectivity index (χ3v) is 3.33. The van der Waals surface area contributed by atoms with Crippen LogP contribution in [0.4, 0.5) is 5.69 Å². The van der Waals surface area contributed by atoms with Crippen LogP contribution in [0.2, 0.25) is 5.15 Å². The SMILES string of the molecule is CC(OC(=O)c1cccnc1Cl)C(=O)Nc1ccc(C(=O)O)cc1. The summed E-state index contributed by atoms with van der Waals surface area (Å²) in [5.41, 5.74) is 0.538. The van der Waals surface area contributed by atoms with Crippen LogP contribution in [-0.2, 0) is 9.53 Å². The molecule has 0 aliphatic carbocycles. The van der Waals surface area contributed by atoms with E-state index in [1.54, 1.807) is 0 Å². The Morgan fingerprint density at radius 2 is 1.88 bits per heavy atom. The first-order chi connectivity index (χ1) is 11.4. The minimum atomic E-state index is -1.08. The van der Waals surface area contributed by atoms with Crippen LogP contribution in [-0.4, -0.2) is 34.0 Å². The summed E-state index contributed by atoms with van der Waals surface area (Å²) in [7, 11) is 0. The zero-order valence-corrected chi connectivity index (χ0v) is 13.3. The van der Waals surface area contributed by atoms with Gasteiger partial charge in [-0.2, -0.15) is 0 Å². The summed E-state index contributed by atoms with van der Waals surface area (Å²) < 4.78 is 5.04. The Morgan fingerprint density at radius 1 is 1.21 bits per heavy atom. The molecule has 8 heteroatoms. The number of esters is 1. The van der Waals surface area contributed by atoms with E-state index < -0.39 is 23.9 Å². The second-order valence-electron chi connectivity index (χ2n) is 4.76. The highest BCUT2D eigenvalue weighted by Crippen LogP contribution is 2.15. The molecular weight excluding hydrogens is 336 g/mol. The van der Waals surface area contributed by atoms with E-state index in [9.17, 15) is 14.4 Å². The van der Waals surface area contributed by atoms with Crippen LogP contribution >= 0.6 is 11.6 Å². The zero-order valence-electron chi connectivity index (χ0n) is 12.5. The van der Waals surface area contributed by atoms with Crippen LogP contribution in [0.15, 0.2) is 42.6 Å². The summed E-state index contributed by atoms with van der Waals surface area (Å²) in [6.45, 7) is 1.41. The summed E-state index contributed by atoms with van der Waals surface area (Å²) in [5, 5.41) is 11.3. The van der Waals surface area contributed by atoms with Gasteiger partial charge in [0.15, 0.2) is 6.10 Å². The van der Waals surface area contributed by atoms with Crippen LogP contribution in [0, 0.1) is 0 Å². The molecule has 0 saturated heterocycles. The Labute approximate surface area is 142 Å². The van der Waals surface area contributed by atoms with E-state index in [1.807, 2.05) is 0 Å². The van der Waals surface area contributed by atoms with Crippen molar-refractivity contribution in [2.24, 2.45) is 0 Å². The molecule has 0 saturated carbocycles. The number of carbonyl (C=O) groups is 3. The van der Waals surface area contributed by atoms with E-state index >= 15 is 0 Å². The fourth-order valence-corrected chi connectivity index (χ4v) is 1.95. The van der Waals surface area contributed by atoms with Crippen molar-refractivity contribution in [3.63, 3.8) is 0 Å². The number of pyridine rings is 1. The number of nitrogens with one attached hydrogen (secondary N) is 1. The molecule has 0 bridgehead atoms. The number of nitrogens with zero attached hydrogens (tertiary/aromatic N) is 1. The average Bonchev–Trinajstić information content (AvgIpc) is 2.55. The van der Waals surface area contributed by atoms with Crippen LogP contribution in [0.25, 0.3) is 0 Å². The van der Waals surface area contributed by atoms with Gasteiger partial charge in [0.1, 0.15) is 5.15 Å². The molecule has 24 heavy (non-hydrogen) atoms. The molecule has 2 N–H and O–H groups in total. The van der Waals surface area contributed by atoms with Crippen molar-refractivity contribution in [2.45, 2.75) is 13.0 Å². The van der Waals surface area contributed by atoms with Gasteiger partial charge in [-0.05, 0) is 43.3 Å². The fraction of sp³-hybridized carbons (Fsp3) is 0.125. The molecule has 2 rings (SSSR count). The van der Waals surface area contributed by atoms with E-state index in [4.69, 9.17) is 21.4 Å². The number of halogens is 1. The van der Waals surface area contributed by atoms with Crippen molar-refractivity contribution < 1.29 is 24.2 Å². The van der Waals surface area contributed by atoms with Crippen LogP contribution in [0.5, 0.6) is 0 Å². The van der Waals surface area contributed by atoms with Crippen molar-refractivity contribution in [3.8, 4) is 0 Å². The standard InChI is InChI=1S/C16H13ClN2O5/c1-9(24-16(23)12-3-2-8-18-13(12)17)14(20)19-11-6-4-10(5-7-11)15(21)22/h2-9H,1H3,(H,19,20)(H,21,22). The molecule has 1 heterocycles. The van der Waals surface area contributed by atoms with E-state index in [0.29, 0.717) is 5.69 Å². The summed E-state index contributed by atoms with van der Waals surface area (Å²) in [5.74, 6) is -2.40. The maximum Gasteiger partial charge on any atom is 0.342 e. The van der Waals surface area contributed by atoms with Gasteiger partial charge >= 0.3 is 11.9 Å². The first-order valence-electron chi connectivity index (χ1n) is 6.84. The van der Waals surface area contributed by atoms with E-state index in [-0.39, 0.29) is 16.3 Å². The number of benzene rings is 1. The maximum absolute atomic E-state index is 12.0. The molecule has 1 amide bonds. The molecular formula is C16H13ClN2O5. The lowest BCUT2D eigenvalue weighted by Crippen LogP contribution is -2.30. The number of aromatic nitrogens is 1. The predicted octanol–water partition coefficient (Wildman–Crippen LogP) is 2.62. The minimum Gasteiger partial charge on any atom is -0.478 e. The predicted molar refractivity (Wildman–Crippen MR) is 86.2 cm³/mol. The summed E-state index contributed by atoms with van der Waals surface area (Å²) in [4.78, 5) is 38.5. The zero-order chi connectivity index (χ0) is 17.7. The molecule has 0 fully saturated rings. The van der Waals surface area contributed by atoms with Crippen LogP contribution in [0.1, 0.15) is 27.6 Å². The Balaban J connectivity index is 1.98. The number of hydrogen-bond donors (Lipinski definition) is 2. The quantitative estimate of drug-likeness (QED) is 0.635. The van der Waals surface area contributed by atoms with Gasteiger partial charge in [-0.3, -0.25) is 4.79 Å². The topological polar surface area (TPSA) is 106 Å². The van der Waals surface area contributed by atoms with Crippen molar-refractivity contribution in [2.75, 3.05) is 5.32 Å². The number of anilines is 1. The lowest BCUT2D eigenvalue weighted by molar-refractivity contribution is -0.123. The Kier molecular flexibility index (Phi) is 5.49. The Morgan fingerprint density at radius 3 is 2.46 bits per heavy atom. The van der Waals surface area contributed by atoms with Crippen molar-refractivity contribution >= 4 is 35.1 Å². The fourth-order valence-electron chi connectivity index (χ4n) is 1.76. The highest BCUT2D eigenvalue weighted by Gasteiger charge is 2.21. The van der Waals surface area contributed by atoms with E-state index in [1.165, 1.54) is 49.5 Å². The van der Waals surface area contributed by atoms with Gasteiger partial charge in [0, 0.05) is 11.9 Å². The number of aromatic carboxylic acids is 1. The van der Waals surface area contributed by atoms with E-state index in [0.717, 1.165) is 0 Å². The molecule has 124 valence electrons. The number of rotatable bonds is 5. The normalized spacial score (nSPS) is 11.4. The molecule has 1 aromatic heterocycles. The smallest absolute Gasteiger partial charge is 0.342 e. The Hall–Kier alpha value is -2.93. The van der Waals surface area contributed by atoms with E-state index in [2.05, 4.69) is 10.3 Å². The molecule has 1 aromatic carbocycles. The minimum absolute atomic E-state index is 0.0145. The number of carboxylic acid groups (broad SMARTS) is 1. The summed E-state index contributed by atoms with van der Waals surface area (Å²) >= 11 is 5.79. The third-order valence-electron chi connectivity index (χ3n) is 3.03. The number of carbonyl (C=O) groups excluding carboxylic acids is 2. The largest absolute Gasteiger partial charge is 0.478 e. The first kappa shape index (κ1) is 17.4. The number of amides is 1. The molecule has 0 spiro atoms. The number of hydrogen-bond acceptors (Lipinski definition) is 5. The average molecular weight is 349 g/mol. The summed E-state index contributed by atoms with van der Waals surface area (Å²) in [6, 6.07) is 8.54.